The molecule has 0 atom stereocenters. The molecule has 0 aliphatic heterocycles. The molecule has 12 heavy (non-hydrogen) atoms. The van der Waals surface area contributed by atoms with Crippen LogP contribution in [0.1, 0.15) is 6.92 Å². The van der Waals surface area contributed by atoms with Crippen molar-refractivity contribution >= 4 is 39.1 Å². The monoisotopic (exact) mass is 295 g/mol. The summed E-state index contributed by atoms with van der Waals surface area (Å²) in [7, 11) is 0. The summed E-state index contributed by atoms with van der Waals surface area (Å²) in [4.78, 5) is 5.03. The minimum atomic E-state index is 0.632. The molecule has 2 aromatic heterocycles. The van der Waals surface area contributed by atoms with Gasteiger partial charge in [0.05, 0.1) is 12.8 Å². The van der Waals surface area contributed by atoms with E-state index in [1.54, 1.807) is 6.20 Å². The van der Waals surface area contributed by atoms with Crippen molar-refractivity contribution in [2.45, 2.75) is 6.92 Å². The lowest BCUT2D eigenvalue weighted by Gasteiger charge is -1.97. The van der Waals surface area contributed by atoms with E-state index in [-0.39, 0.29) is 0 Å². The predicted octanol–water partition coefficient (Wildman–Crippen LogP) is 1.79. The van der Waals surface area contributed by atoms with Gasteiger partial charge in [-0.05, 0) is 29.5 Å². The number of hydrogen-bond acceptors (Lipinski definition) is 4. The molecule has 2 heterocycles. The number of halogens is 1. The number of ether oxygens (including phenoxy) is 1. The average Bonchev–Trinajstić information content (AvgIpc) is 2.58. The molecule has 2 rings (SSSR count). The Hall–Kier alpha value is -0.370. The highest BCUT2D eigenvalue weighted by Crippen LogP contribution is 2.20. The van der Waals surface area contributed by atoms with Gasteiger partial charge in [0.15, 0.2) is 0 Å². The highest BCUT2D eigenvalue weighted by molar-refractivity contribution is 14.1. The van der Waals surface area contributed by atoms with E-state index < -0.39 is 0 Å². The third kappa shape index (κ3) is 1.18. The Morgan fingerprint density at radius 2 is 2.58 bits per heavy atom. The van der Waals surface area contributed by atoms with Gasteiger partial charge in [0.25, 0.3) is 0 Å². The summed E-state index contributed by atoms with van der Waals surface area (Å²) in [5, 5.41) is 0. The largest absolute Gasteiger partial charge is 0.464 e. The molecule has 0 amide bonds. The molecule has 0 spiro atoms. The lowest BCUT2D eigenvalue weighted by atomic mass is 10.8. The second-order valence-electron chi connectivity index (χ2n) is 2.10. The first-order valence-corrected chi connectivity index (χ1v) is 5.29. The normalized spacial score (nSPS) is 10.8. The van der Waals surface area contributed by atoms with Gasteiger partial charge in [-0.1, -0.05) is 0 Å². The van der Waals surface area contributed by atoms with Crippen LogP contribution in [-0.4, -0.2) is 20.4 Å². The van der Waals surface area contributed by atoms with E-state index in [0.717, 1.165) is 8.66 Å². The molecule has 0 saturated heterocycles. The van der Waals surface area contributed by atoms with Gasteiger partial charge in [0.2, 0.25) is 4.96 Å². The standard InChI is InChI=1S/C6H6IN3OS/c1-2-11-5-9-12-6-8-3-4(7)10(5)6/h3H,2H2,1H3. The molecule has 0 fully saturated rings. The maximum absolute atomic E-state index is 5.32. The number of aromatic nitrogens is 3. The van der Waals surface area contributed by atoms with Crippen LogP contribution in [-0.2, 0) is 0 Å². The van der Waals surface area contributed by atoms with Gasteiger partial charge in [-0.25, -0.2) is 9.38 Å². The van der Waals surface area contributed by atoms with Gasteiger partial charge < -0.3 is 4.74 Å². The molecule has 0 aliphatic rings. The minimum Gasteiger partial charge on any atom is -0.464 e. The van der Waals surface area contributed by atoms with Crippen molar-refractivity contribution in [2.75, 3.05) is 6.61 Å². The van der Waals surface area contributed by atoms with E-state index >= 15 is 0 Å². The van der Waals surface area contributed by atoms with Crippen molar-refractivity contribution < 1.29 is 4.74 Å². The summed E-state index contributed by atoms with van der Waals surface area (Å²) in [5.41, 5.74) is 0. The van der Waals surface area contributed by atoms with Crippen molar-refractivity contribution in [1.29, 1.82) is 0 Å². The Balaban J connectivity index is 2.59. The Morgan fingerprint density at radius 3 is 3.33 bits per heavy atom. The summed E-state index contributed by atoms with van der Waals surface area (Å²) in [6.45, 7) is 2.57. The number of hydrogen-bond donors (Lipinski definition) is 0. The van der Waals surface area contributed by atoms with Gasteiger partial charge in [0.1, 0.15) is 3.70 Å². The Bertz CT molecular complexity index is 396. The first-order chi connectivity index (χ1) is 5.83. The molecule has 0 bridgehead atoms. The van der Waals surface area contributed by atoms with Crippen molar-refractivity contribution in [3.8, 4) is 6.01 Å². The summed E-state index contributed by atoms with van der Waals surface area (Å²) < 4.78 is 12.4. The molecule has 2 aromatic rings. The SMILES string of the molecule is CCOc1nsc2ncc(I)n12. The third-order valence-electron chi connectivity index (χ3n) is 1.36. The van der Waals surface area contributed by atoms with Crippen LogP contribution < -0.4 is 4.74 Å². The number of imidazole rings is 1. The fourth-order valence-corrected chi connectivity index (χ4v) is 2.28. The number of fused-ring (bicyclic) bond motifs is 1. The summed E-state index contributed by atoms with van der Waals surface area (Å²) >= 11 is 3.55. The lowest BCUT2D eigenvalue weighted by molar-refractivity contribution is 0.312. The van der Waals surface area contributed by atoms with Gasteiger partial charge in [-0.15, -0.1) is 4.37 Å². The van der Waals surface area contributed by atoms with E-state index in [9.17, 15) is 0 Å². The molecule has 0 unspecified atom stereocenters. The third-order valence-corrected chi connectivity index (χ3v) is 2.82. The van der Waals surface area contributed by atoms with E-state index in [1.165, 1.54) is 11.5 Å². The van der Waals surface area contributed by atoms with Crippen LogP contribution in [0.5, 0.6) is 6.01 Å². The Morgan fingerprint density at radius 1 is 1.75 bits per heavy atom. The number of rotatable bonds is 2. The average molecular weight is 295 g/mol. The van der Waals surface area contributed by atoms with Crippen LogP contribution in [0.3, 0.4) is 0 Å². The second kappa shape index (κ2) is 3.17. The van der Waals surface area contributed by atoms with Crippen LogP contribution in [0.4, 0.5) is 0 Å². The van der Waals surface area contributed by atoms with Crippen LogP contribution in [0.25, 0.3) is 4.96 Å². The van der Waals surface area contributed by atoms with Crippen LogP contribution in [0.15, 0.2) is 6.20 Å². The topological polar surface area (TPSA) is 39.4 Å². The predicted molar refractivity (Wildman–Crippen MR) is 54.8 cm³/mol. The van der Waals surface area contributed by atoms with E-state index in [0.29, 0.717) is 12.6 Å². The maximum atomic E-state index is 5.32. The molecule has 4 nitrogen and oxygen atoms in total. The van der Waals surface area contributed by atoms with E-state index in [1.807, 2.05) is 11.3 Å². The molecule has 6 heteroatoms. The molecule has 0 aromatic carbocycles. The fourth-order valence-electron chi connectivity index (χ4n) is 0.894. The van der Waals surface area contributed by atoms with Crippen molar-refractivity contribution in [2.24, 2.45) is 0 Å². The van der Waals surface area contributed by atoms with Crippen molar-refractivity contribution in [3.63, 3.8) is 0 Å². The van der Waals surface area contributed by atoms with Gasteiger partial charge in [0, 0.05) is 11.5 Å². The second-order valence-corrected chi connectivity index (χ2v) is 3.93. The molecular formula is C6H6IN3OS. The van der Waals surface area contributed by atoms with Gasteiger partial charge in [-0.2, -0.15) is 0 Å². The van der Waals surface area contributed by atoms with E-state index in [2.05, 4.69) is 31.9 Å². The molecular weight excluding hydrogens is 289 g/mol. The van der Waals surface area contributed by atoms with Crippen LogP contribution in [0, 0.1) is 3.70 Å². The van der Waals surface area contributed by atoms with Crippen molar-refractivity contribution in [3.05, 3.63) is 9.90 Å². The van der Waals surface area contributed by atoms with Crippen LogP contribution in [0.2, 0.25) is 0 Å². The zero-order chi connectivity index (χ0) is 8.55. The smallest absolute Gasteiger partial charge is 0.314 e. The maximum Gasteiger partial charge on any atom is 0.314 e. The molecule has 0 N–H and O–H groups in total. The summed E-state index contributed by atoms with van der Waals surface area (Å²) in [5.74, 6) is 0. The van der Waals surface area contributed by atoms with Crippen molar-refractivity contribution in [1.82, 2.24) is 13.8 Å². The fraction of sp³-hybridized carbons (Fsp3) is 0.333. The zero-order valence-electron chi connectivity index (χ0n) is 6.32. The lowest BCUT2D eigenvalue weighted by Crippen LogP contribution is -1.97. The first-order valence-electron chi connectivity index (χ1n) is 3.44. The molecule has 0 aliphatic carbocycles. The van der Waals surface area contributed by atoms with Gasteiger partial charge in [-0.3, -0.25) is 0 Å². The molecule has 0 saturated carbocycles. The summed E-state index contributed by atoms with van der Waals surface area (Å²) in [6, 6.07) is 0.638. The Kier molecular flexibility index (Phi) is 2.18. The quantitative estimate of drug-likeness (QED) is 0.793. The van der Waals surface area contributed by atoms with E-state index in [4.69, 9.17) is 4.74 Å². The highest BCUT2D eigenvalue weighted by atomic mass is 127. The van der Waals surface area contributed by atoms with Gasteiger partial charge >= 0.3 is 6.01 Å². The molecule has 0 radical (unpaired) electrons. The van der Waals surface area contributed by atoms with Crippen LogP contribution >= 0.6 is 34.1 Å². The first kappa shape index (κ1) is 8.24. The minimum absolute atomic E-state index is 0.632. The summed E-state index contributed by atoms with van der Waals surface area (Å²) in [6.07, 6.45) is 1.80. The molecule has 64 valence electrons. The Labute approximate surface area is 86.9 Å². The highest BCUT2D eigenvalue weighted by Gasteiger charge is 2.09. The zero-order valence-corrected chi connectivity index (χ0v) is 9.29. The number of nitrogens with zero attached hydrogens (tertiary/aromatic N) is 3.